The fourth-order valence-corrected chi connectivity index (χ4v) is 2.57. The van der Waals surface area contributed by atoms with E-state index in [9.17, 15) is 14.7 Å². The molecule has 21 heavy (non-hydrogen) atoms. The van der Waals surface area contributed by atoms with E-state index in [0.717, 1.165) is 5.56 Å². The van der Waals surface area contributed by atoms with Crippen molar-refractivity contribution in [3.05, 3.63) is 35.9 Å². The first-order valence-electron chi connectivity index (χ1n) is 7.26. The van der Waals surface area contributed by atoms with E-state index in [1.165, 1.54) is 0 Å². The van der Waals surface area contributed by atoms with Gasteiger partial charge in [0.05, 0.1) is 12.0 Å². The zero-order chi connectivity index (χ0) is 15.2. The van der Waals surface area contributed by atoms with Gasteiger partial charge in [-0.3, -0.25) is 4.79 Å². The summed E-state index contributed by atoms with van der Waals surface area (Å²) in [5.74, 6) is -1.46. The Hall–Kier alpha value is -1.88. The molecular weight excluding hydrogens is 270 g/mol. The lowest BCUT2D eigenvalue weighted by molar-refractivity contribution is -0.143. The number of rotatable bonds is 6. The molecule has 1 aliphatic heterocycles. The van der Waals surface area contributed by atoms with Crippen LogP contribution < -0.4 is 5.32 Å². The molecule has 2 unspecified atom stereocenters. The van der Waals surface area contributed by atoms with Gasteiger partial charge in [-0.2, -0.15) is 0 Å². The van der Waals surface area contributed by atoms with E-state index in [0.29, 0.717) is 25.9 Å². The maximum absolute atomic E-state index is 12.1. The molecule has 1 aromatic carbocycles. The molecule has 0 bridgehead atoms. The van der Waals surface area contributed by atoms with Crippen molar-refractivity contribution in [1.82, 2.24) is 5.32 Å². The van der Waals surface area contributed by atoms with E-state index >= 15 is 0 Å². The highest BCUT2D eigenvalue weighted by atomic mass is 16.5. The molecule has 1 amide bonds. The number of aliphatic carboxylic acids is 1. The van der Waals surface area contributed by atoms with Gasteiger partial charge in [0.15, 0.2) is 0 Å². The lowest BCUT2D eigenvalue weighted by Crippen LogP contribution is -2.45. The van der Waals surface area contributed by atoms with Crippen LogP contribution in [0.3, 0.4) is 0 Å². The molecule has 1 saturated heterocycles. The van der Waals surface area contributed by atoms with Crippen LogP contribution in [0.2, 0.25) is 0 Å². The van der Waals surface area contributed by atoms with Crippen LogP contribution in [0.4, 0.5) is 0 Å². The molecule has 0 radical (unpaired) electrons. The molecule has 0 aliphatic carbocycles. The van der Waals surface area contributed by atoms with E-state index in [1.807, 2.05) is 37.3 Å². The van der Waals surface area contributed by atoms with Crippen LogP contribution in [0.25, 0.3) is 0 Å². The number of carboxylic acids is 1. The quantitative estimate of drug-likeness (QED) is 0.835. The van der Waals surface area contributed by atoms with Crippen LogP contribution >= 0.6 is 0 Å². The number of carbonyl (C=O) groups is 2. The minimum Gasteiger partial charge on any atom is -0.480 e. The van der Waals surface area contributed by atoms with Crippen molar-refractivity contribution in [1.29, 1.82) is 0 Å². The summed E-state index contributed by atoms with van der Waals surface area (Å²) in [6, 6.07) is 8.80. The summed E-state index contributed by atoms with van der Waals surface area (Å²) in [4.78, 5) is 23.4. The van der Waals surface area contributed by atoms with Crippen molar-refractivity contribution in [3.63, 3.8) is 0 Å². The van der Waals surface area contributed by atoms with Crippen LogP contribution in [0.5, 0.6) is 0 Å². The standard InChI is InChI=1S/C16H21NO4/c1-11-13(9-10-21-11)15(18)17-14(16(19)20)8-7-12-5-3-2-4-6-12/h2-6,11,13-14H,7-10H2,1H3,(H,17,18)(H,19,20)/t11?,13?,14-/m0/s1. The maximum atomic E-state index is 12.1. The normalized spacial score (nSPS) is 22.7. The Labute approximate surface area is 124 Å². The van der Waals surface area contributed by atoms with Crippen LogP contribution in [0.15, 0.2) is 30.3 Å². The van der Waals surface area contributed by atoms with Crippen molar-refractivity contribution in [2.45, 2.75) is 38.3 Å². The molecular formula is C16H21NO4. The van der Waals surface area contributed by atoms with Gasteiger partial charge < -0.3 is 15.2 Å². The van der Waals surface area contributed by atoms with E-state index in [2.05, 4.69) is 5.32 Å². The zero-order valence-corrected chi connectivity index (χ0v) is 12.1. The second-order valence-electron chi connectivity index (χ2n) is 5.39. The van der Waals surface area contributed by atoms with E-state index < -0.39 is 12.0 Å². The van der Waals surface area contributed by atoms with Gasteiger partial charge in [-0.1, -0.05) is 30.3 Å². The fourth-order valence-electron chi connectivity index (χ4n) is 2.57. The molecule has 3 atom stereocenters. The highest BCUT2D eigenvalue weighted by molar-refractivity contribution is 5.85. The van der Waals surface area contributed by atoms with Gasteiger partial charge in [0, 0.05) is 6.61 Å². The molecule has 114 valence electrons. The van der Waals surface area contributed by atoms with Crippen molar-refractivity contribution < 1.29 is 19.4 Å². The summed E-state index contributed by atoms with van der Waals surface area (Å²) < 4.78 is 5.35. The van der Waals surface area contributed by atoms with E-state index in [1.54, 1.807) is 0 Å². The molecule has 0 saturated carbocycles. The highest BCUT2D eigenvalue weighted by Gasteiger charge is 2.32. The zero-order valence-electron chi connectivity index (χ0n) is 12.1. The van der Waals surface area contributed by atoms with Gasteiger partial charge in [0.2, 0.25) is 5.91 Å². The largest absolute Gasteiger partial charge is 0.480 e. The number of amides is 1. The summed E-state index contributed by atoms with van der Waals surface area (Å²) in [7, 11) is 0. The smallest absolute Gasteiger partial charge is 0.326 e. The number of carbonyl (C=O) groups excluding carboxylic acids is 1. The first-order valence-corrected chi connectivity index (χ1v) is 7.26. The summed E-state index contributed by atoms with van der Waals surface area (Å²) in [5.41, 5.74) is 1.07. The molecule has 5 nitrogen and oxygen atoms in total. The first-order chi connectivity index (χ1) is 10.1. The average Bonchev–Trinajstić information content (AvgIpc) is 2.90. The predicted molar refractivity (Wildman–Crippen MR) is 77.9 cm³/mol. The Bertz CT molecular complexity index is 488. The second kappa shape index (κ2) is 7.22. The van der Waals surface area contributed by atoms with E-state index in [4.69, 9.17) is 4.74 Å². The van der Waals surface area contributed by atoms with Gasteiger partial charge >= 0.3 is 5.97 Å². The lowest BCUT2D eigenvalue weighted by Gasteiger charge is -2.19. The van der Waals surface area contributed by atoms with Crippen LogP contribution in [0.1, 0.15) is 25.3 Å². The Morgan fingerprint density at radius 1 is 1.38 bits per heavy atom. The molecule has 1 aliphatic rings. The first kappa shape index (κ1) is 15.5. The van der Waals surface area contributed by atoms with Crippen LogP contribution in [-0.4, -0.2) is 35.7 Å². The van der Waals surface area contributed by atoms with Crippen LogP contribution in [-0.2, 0) is 20.7 Å². The summed E-state index contributed by atoms with van der Waals surface area (Å²) in [5, 5.41) is 11.9. The van der Waals surface area contributed by atoms with Gasteiger partial charge in [0.25, 0.3) is 0 Å². The molecule has 2 N–H and O–H groups in total. The number of aryl methyl sites for hydroxylation is 1. The summed E-state index contributed by atoms with van der Waals surface area (Å²) in [6.07, 6.45) is 1.51. The Kier molecular flexibility index (Phi) is 5.33. The number of hydrogen-bond acceptors (Lipinski definition) is 3. The summed E-state index contributed by atoms with van der Waals surface area (Å²) >= 11 is 0. The second-order valence-corrected chi connectivity index (χ2v) is 5.39. The molecule has 5 heteroatoms. The van der Waals surface area contributed by atoms with Gasteiger partial charge in [-0.25, -0.2) is 4.79 Å². The highest BCUT2D eigenvalue weighted by Crippen LogP contribution is 2.20. The lowest BCUT2D eigenvalue weighted by atomic mass is 10.00. The Morgan fingerprint density at radius 2 is 2.10 bits per heavy atom. The SMILES string of the molecule is CC1OCCC1C(=O)N[C@@H](CCc1ccccc1)C(=O)O. The summed E-state index contributed by atoms with van der Waals surface area (Å²) in [6.45, 7) is 2.40. The van der Waals surface area contributed by atoms with Crippen molar-refractivity contribution >= 4 is 11.9 Å². The molecule has 1 aromatic rings. The average molecular weight is 291 g/mol. The Morgan fingerprint density at radius 3 is 2.67 bits per heavy atom. The van der Waals surface area contributed by atoms with Gasteiger partial charge in [-0.05, 0) is 31.7 Å². The van der Waals surface area contributed by atoms with Gasteiger partial charge in [-0.15, -0.1) is 0 Å². The number of ether oxygens (including phenoxy) is 1. The number of benzene rings is 1. The molecule has 0 aromatic heterocycles. The third kappa shape index (κ3) is 4.29. The molecule has 2 rings (SSSR count). The van der Waals surface area contributed by atoms with E-state index in [-0.39, 0.29) is 17.9 Å². The number of hydrogen-bond donors (Lipinski definition) is 2. The minimum absolute atomic E-state index is 0.145. The monoisotopic (exact) mass is 291 g/mol. The van der Waals surface area contributed by atoms with Crippen molar-refractivity contribution in [2.75, 3.05) is 6.61 Å². The fraction of sp³-hybridized carbons (Fsp3) is 0.500. The van der Waals surface area contributed by atoms with Crippen molar-refractivity contribution in [2.24, 2.45) is 5.92 Å². The Balaban J connectivity index is 1.90. The molecule has 0 spiro atoms. The molecule has 1 fully saturated rings. The van der Waals surface area contributed by atoms with Gasteiger partial charge in [0.1, 0.15) is 6.04 Å². The maximum Gasteiger partial charge on any atom is 0.326 e. The van der Waals surface area contributed by atoms with Crippen LogP contribution in [0, 0.1) is 5.92 Å². The third-order valence-electron chi connectivity index (χ3n) is 3.89. The number of nitrogens with one attached hydrogen (secondary N) is 1. The van der Waals surface area contributed by atoms with Crippen molar-refractivity contribution in [3.8, 4) is 0 Å². The minimum atomic E-state index is -0.995. The topological polar surface area (TPSA) is 75.6 Å². The molecule has 1 heterocycles. The third-order valence-corrected chi connectivity index (χ3v) is 3.89. The predicted octanol–water partition coefficient (Wildman–Crippen LogP) is 1.61. The number of carboxylic acid groups (broad SMARTS) is 1.